The normalized spacial score (nSPS) is 10.5. The molecule has 2 rings (SSSR count). The molecule has 0 unspecified atom stereocenters. The third-order valence-electron chi connectivity index (χ3n) is 2.15. The SMILES string of the molecule is Cc1noc(COc2c(F)cc(C(=O)O)cc2F)n1. The lowest BCUT2D eigenvalue weighted by Gasteiger charge is -2.06. The highest BCUT2D eigenvalue weighted by Crippen LogP contribution is 2.24. The number of ether oxygens (including phenoxy) is 1. The summed E-state index contributed by atoms with van der Waals surface area (Å²) in [4.78, 5) is 14.4. The summed E-state index contributed by atoms with van der Waals surface area (Å²) < 4.78 is 36.5. The van der Waals surface area contributed by atoms with E-state index in [1.54, 1.807) is 6.92 Å². The zero-order chi connectivity index (χ0) is 14.0. The minimum Gasteiger partial charge on any atom is -0.478 e. The van der Waals surface area contributed by atoms with Crippen molar-refractivity contribution in [2.24, 2.45) is 0 Å². The molecule has 0 amide bonds. The Labute approximate surface area is 105 Å². The van der Waals surface area contributed by atoms with Gasteiger partial charge in [-0.15, -0.1) is 0 Å². The zero-order valence-corrected chi connectivity index (χ0v) is 9.68. The highest BCUT2D eigenvalue weighted by Gasteiger charge is 2.17. The highest BCUT2D eigenvalue weighted by atomic mass is 19.1. The summed E-state index contributed by atoms with van der Waals surface area (Å²) in [6.45, 7) is 1.26. The quantitative estimate of drug-likeness (QED) is 0.913. The van der Waals surface area contributed by atoms with Crippen molar-refractivity contribution in [2.45, 2.75) is 13.5 Å². The van der Waals surface area contributed by atoms with Crippen LogP contribution in [-0.2, 0) is 6.61 Å². The molecular formula is C11H8F2N2O4. The molecule has 0 aliphatic rings. The molecule has 100 valence electrons. The zero-order valence-electron chi connectivity index (χ0n) is 9.68. The predicted octanol–water partition coefficient (Wildman–Crippen LogP) is 1.93. The molecule has 0 aliphatic heterocycles. The van der Waals surface area contributed by atoms with Gasteiger partial charge in [0.15, 0.2) is 29.8 Å². The molecule has 1 aromatic heterocycles. The highest BCUT2D eigenvalue weighted by molar-refractivity contribution is 5.87. The fourth-order valence-corrected chi connectivity index (χ4v) is 1.35. The first-order valence-corrected chi connectivity index (χ1v) is 5.11. The standard InChI is InChI=1S/C11H8F2N2O4/c1-5-14-9(19-15-5)4-18-10-7(12)2-6(11(16)17)3-8(10)13/h2-3H,4H2,1H3,(H,16,17). The summed E-state index contributed by atoms with van der Waals surface area (Å²) in [5.74, 6) is -3.95. The van der Waals surface area contributed by atoms with Gasteiger partial charge in [-0.25, -0.2) is 13.6 Å². The van der Waals surface area contributed by atoms with E-state index in [1.165, 1.54) is 0 Å². The molecule has 0 spiro atoms. The number of aromatic nitrogens is 2. The lowest BCUT2D eigenvalue weighted by atomic mass is 10.2. The minimum absolute atomic E-state index is 0.0543. The predicted molar refractivity (Wildman–Crippen MR) is 56.7 cm³/mol. The fourth-order valence-electron chi connectivity index (χ4n) is 1.35. The first-order chi connectivity index (χ1) is 8.97. The van der Waals surface area contributed by atoms with Gasteiger partial charge >= 0.3 is 5.97 Å². The van der Waals surface area contributed by atoms with Crippen molar-refractivity contribution < 1.29 is 27.9 Å². The smallest absolute Gasteiger partial charge is 0.335 e. The van der Waals surface area contributed by atoms with E-state index in [-0.39, 0.29) is 12.5 Å². The van der Waals surface area contributed by atoms with Crippen LogP contribution in [0.4, 0.5) is 8.78 Å². The summed E-state index contributed by atoms with van der Waals surface area (Å²) in [5, 5.41) is 12.1. The Morgan fingerprint density at radius 2 is 2.05 bits per heavy atom. The van der Waals surface area contributed by atoms with E-state index >= 15 is 0 Å². The molecule has 0 radical (unpaired) electrons. The van der Waals surface area contributed by atoms with Crippen molar-refractivity contribution in [1.29, 1.82) is 0 Å². The topological polar surface area (TPSA) is 85.5 Å². The Morgan fingerprint density at radius 1 is 1.42 bits per heavy atom. The van der Waals surface area contributed by atoms with E-state index < -0.39 is 28.9 Å². The van der Waals surface area contributed by atoms with Crippen LogP contribution in [0.3, 0.4) is 0 Å². The number of aryl methyl sites for hydroxylation is 1. The molecule has 0 atom stereocenters. The van der Waals surface area contributed by atoms with Gasteiger partial charge in [0, 0.05) is 0 Å². The number of halogens is 2. The number of carbonyl (C=O) groups is 1. The van der Waals surface area contributed by atoms with Crippen molar-refractivity contribution in [3.8, 4) is 5.75 Å². The molecule has 1 aromatic carbocycles. The van der Waals surface area contributed by atoms with E-state index in [9.17, 15) is 13.6 Å². The van der Waals surface area contributed by atoms with Crippen LogP contribution in [-0.4, -0.2) is 21.2 Å². The van der Waals surface area contributed by atoms with Gasteiger partial charge in [-0.1, -0.05) is 5.16 Å². The maximum Gasteiger partial charge on any atom is 0.335 e. The molecule has 8 heteroatoms. The van der Waals surface area contributed by atoms with Gasteiger partial charge in [0.25, 0.3) is 5.89 Å². The number of carboxylic acids is 1. The molecule has 0 saturated carbocycles. The van der Waals surface area contributed by atoms with E-state index in [1.807, 2.05) is 0 Å². The average Bonchev–Trinajstić information content (AvgIpc) is 2.73. The number of hydrogen-bond donors (Lipinski definition) is 1. The molecule has 1 N–H and O–H groups in total. The van der Waals surface area contributed by atoms with E-state index in [2.05, 4.69) is 10.1 Å². The van der Waals surface area contributed by atoms with Crippen molar-refractivity contribution in [1.82, 2.24) is 10.1 Å². The minimum atomic E-state index is -1.43. The molecule has 2 aromatic rings. The molecule has 6 nitrogen and oxygen atoms in total. The number of aromatic carboxylic acids is 1. The molecule has 1 heterocycles. The lowest BCUT2D eigenvalue weighted by Crippen LogP contribution is -2.04. The number of nitrogens with zero attached hydrogens (tertiary/aromatic N) is 2. The van der Waals surface area contributed by atoms with Gasteiger partial charge < -0.3 is 14.4 Å². The van der Waals surface area contributed by atoms with Crippen LogP contribution in [0.5, 0.6) is 5.75 Å². The molecule has 0 aliphatic carbocycles. The molecule has 19 heavy (non-hydrogen) atoms. The Bertz CT molecular complexity index is 604. The first-order valence-electron chi connectivity index (χ1n) is 5.11. The second-order valence-electron chi connectivity index (χ2n) is 3.60. The van der Waals surface area contributed by atoms with Crippen LogP contribution in [0.15, 0.2) is 16.7 Å². The summed E-state index contributed by atoms with van der Waals surface area (Å²) >= 11 is 0. The molecule has 0 saturated heterocycles. The van der Waals surface area contributed by atoms with Crippen LogP contribution in [0.1, 0.15) is 22.1 Å². The monoisotopic (exact) mass is 270 g/mol. The number of benzene rings is 1. The Balaban J connectivity index is 2.18. The molecule has 0 fully saturated rings. The number of rotatable bonds is 4. The van der Waals surface area contributed by atoms with Crippen LogP contribution in [0.25, 0.3) is 0 Å². The van der Waals surface area contributed by atoms with Gasteiger partial charge in [0.2, 0.25) is 0 Å². The first kappa shape index (κ1) is 12.9. The van der Waals surface area contributed by atoms with Crippen molar-refractivity contribution in [2.75, 3.05) is 0 Å². The number of hydrogen-bond acceptors (Lipinski definition) is 5. The number of carboxylic acid groups (broad SMARTS) is 1. The summed E-state index contributed by atoms with van der Waals surface area (Å²) in [7, 11) is 0. The summed E-state index contributed by atoms with van der Waals surface area (Å²) in [6.07, 6.45) is 0. The van der Waals surface area contributed by atoms with E-state index in [0.29, 0.717) is 18.0 Å². The summed E-state index contributed by atoms with van der Waals surface area (Å²) in [5.41, 5.74) is -0.504. The maximum absolute atomic E-state index is 13.5. The fraction of sp³-hybridized carbons (Fsp3) is 0.182. The molecule has 0 bridgehead atoms. The van der Waals surface area contributed by atoms with Crippen molar-refractivity contribution in [3.63, 3.8) is 0 Å². The van der Waals surface area contributed by atoms with Crippen LogP contribution >= 0.6 is 0 Å². The van der Waals surface area contributed by atoms with Gasteiger partial charge in [-0.05, 0) is 19.1 Å². The summed E-state index contributed by atoms with van der Waals surface area (Å²) in [6, 6.07) is 1.33. The van der Waals surface area contributed by atoms with Gasteiger partial charge in [0.1, 0.15) is 0 Å². The van der Waals surface area contributed by atoms with E-state index in [0.717, 1.165) is 0 Å². The van der Waals surface area contributed by atoms with Crippen LogP contribution < -0.4 is 4.74 Å². The third kappa shape index (κ3) is 2.84. The van der Waals surface area contributed by atoms with Crippen molar-refractivity contribution in [3.05, 3.63) is 41.0 Å². The molecular weight excluding hydrogens is 262 g/mol. The van der Waals surface area contributed by atoms with Gasteiger partial charge in [0.05, 0.1) is 5.56 Å². The average molecular weight is 270 g/mol. The Kier molecular flexibility index (Phi) is 3.41. The largest absolute Gasteiger partial charge is 0.478 e. The second kappa shape index (κ2) is 5.01. The van der Waals surface area contributed by atoms with E-state index in [4.69, 9.17) is 14.4 Å². The van der Waals surface area contributed by atoms with Gasteiger partial charge in [-0.2, -0.15) is 4.98 Å². The third-order valence-corrected chi connectivity index (χ3v) is 2.15. The van der Waals surface area contributed by atoms with Gasteiger partial charge in [-0.3, -0.25) is 0 Å². The second-order valence-corrected chi connectivity index (χ2v) is 3.60. The van der Waals surface area contributed by atoms with Crippen LogP contribution in [0.2, 0.25) is 0 Å². The Hall–Kier alpha value is -2.51. The lowest BCUT2D eigenvalue weighted by molar-refractivity contribution is 0.0695. The van der Waals surface area contributed by atoms with Crippen molar-refractivity contribution >= 4 is 5.97 Å². The maximum atomic E-state index is 13.5. The Morgan fingerprint density at radius 3 is 2.53 bits per heavy atom. The van der Waals surface area contributed by atoms with Crippen LogP contribution in [0, 0.1) is 18.6 Å².